The van der Waals surface area contributed by atoms with E-state index in [0.717, 1.165) is 11.0 Å². The Morgan fingerprint density at radius 2 is 1.74 bits per heavy atom. The first kappa shape index (κ1) is 19.4. The van der Waals surface area contributed by atoms with Crippen LogP contribution in [-0.2, 0) is 9.59 Å². The Bertz CT molecular complexity index is 1210. The highest BCUT2D eigenvalue weighted by atomic mass is 16.5. The van der Waals surface area contributed by atoms with Crippen LogP contribution in [0.4, 0.5) is 5.69 Å². The van der Waals surface area contributed by atoms with Crippen molar-refractivity contribution in [3.8, 4) is 5.75 Å². The molecule has 2 aliphatic rings. The van der Waals surface area contributed by atoms with Gasteiger partial charge in [-0.25, -0.2) is 4.79 Å². The maximum Gasteiger partial charge on any atom is 0.326 e. The van der Waals surface area contributed by atoms with Crippen LogP contribution in [0.5, 0.6) is 5.75 Å². The van der Waals surface area contributed by atoms with Gasteiger partial charge in [0.1, 0.15) is 5.75 Å². The summed E-state index contributed by atoms with van der Waals surface area (Å²) >= 11 is 0. The van der Waals surface area contributed by atoms with Crippen LogP contribution in [0.1, 0.15) is 25.8 Å². The maximum atomic E-state index is 13.2. The molecule has 0 radical (unpaired) electrons. The third kappa shape index (κ3) is 3.37. The summed E-state index contributed by atoms with van der Waals surface area (Å²) in [7, 11) is 0. The summed E-state index contributed by atoms with van der Waals surface area (Å²) in [4.78, 5) is 44.1. The minimum absolute atomic E-state index is 0.0365. The standard InChI is InChI=1S/C23H24N4O4/c1-15(28)26-14-21(31-20-9-5-4-8-19(20)26)22(29)25-12-10-16(11-13-25)27-18-7-3-2-6-17(18)24-23(27)30/h2-9,16,21H,10-14H2,1H3,(H,24,30)/t21-/m0/s1. The maximum absolute atomic E-state index is 13.2. The number of H-pyrrole nitrogens is 1. The summed E-state index contributed by atoms with van der Waals surface area (Å²) in [6.07, 6.45) is 0.645. The van der Waals surface area contributed by atoms with Gasteiger partial charge in [-0.05, 0) is 37.1 Å². The number of nitrogens with one attached hydrogen (secondary N) is 1. The van der Waals surface area contributed by atoms with Crippen LogP contribution in [-0.4, -0.2) is 52.0 Å². The predicted molar refractivity (Wildman–Crippen MR) is 116 cm³/mol. The quantitative estimate of drug-likeness (QED) is 0.689. The molecule has 2 aliphatic heterocycles. The zero-order chi connectivity index (χ0) is 21.5. The number of carbonyl (C=O) groups excluding carboxylic acids is 2. The van der Waals surface area contributed by atoms with Gasteiger partial charge in [-0.3, -0.25) is 14.2 Å². The number of rotatable bonds is 2. The molecule has 31 heavy (non-hydrogen) atoms. The number of ether oxygens (including phenoxy) is 1. The number of aromatic amines is 1. The first-order chi connectivity index (χ1) is 15.0. The summed E-state index contributed by atoms with van der Waals surface area (Å²) in [6.45, 7) is 2.77. The molecule has 0 aliphatic carbocycles. The van der Waals surface area contributed by atoms with Crippen LogP contribution in [0.25, 0.3) is 11.0 Å². The van der Waals surface area contributed by atoms with E-state index in [0.29, 0.717) is 37.4 Å². The number of amides is 2. The molecule has 0 spiro atoms. The van der Waals surface area contributed by atoms with Crippen LogP contribution < -0.4 is 15.3 Å². The Morgan fingerprint density at radius 3 is 2.52 bits per heavy atom. The van der Waals surface area contributed by atoms with Gasteiger partial charge in [0.05, 0.1) is 23.3 Å². The van der Waals surface area contributed by atoms with Gasteiger partial charge in [0.2, 0.25) is 5.91 Å². The van der Waals surface area contributed by atoms with Crippen molar-refractivity contribution in [2.75, 3.05) is 24.5 Å². The van der Waals surface area contributed by atoms with Crippen molar-refractivity contribution in [2.24, 2.45) is 0 Å². The average molecular weight is 420 g/mol. The molecular formula is C23H24N4O4. The number of nitrogens with zero attached hydrogens (tertiary/aromatic N) is 3. The van der Waals surface area contributed by atoms with E-state index in [1.807, 2.05) is 47.0 Å². The molecule has 3 aromatic rings. The molecule has 0 unspecified atom stereocenters. The minimum Gasteiger partial charge on any atom is -0.476 e. The van der Waals surface area contributed by atoms with E-state index in [1.165, 1.54) is 6.92 Å². The molecular weight excluding hydrogens is 396 g/mol. The van der Waals surface area contributed by atoms with Crippen molar-refractivity contribution in [1.29, 1.82) is 0 Å². The Balaban J connectivity index is 1.31. The van der Waals surface area contributed by atoms with Gasteiger partial charge < -0.3 is 19.5 Å². The molecule has 8 heteroatoms. The zero-order valence-corrected chi connectivity index (χ0v) is 17.3. The fraction of sp³-hybridized carbons (Fsp3) is 0.348. The van der Waals surface area contributed by atoms with Crippen molar-refractivity contribution in [3.63, 3.8) is 0 Å². The fourth-order valence-electron chi connectivity index (χ4n) is 4.65. The van der Waals surface area contributed by atoms with Crippen molar-refractivity contribution in [3.05, 3.63) is 59.0 Å². The van der Waals surface area contributed by atoms with E-state index < -0.39 is 6.10 Å². The number of hydrogen-bond acceptors (Lipinski definition) is 4. The Hall–Kier alpha value is -3.55. The van der Waals surface area contributed by atoms with Gasteiger partial charge in [-0.2, -0.15) is 0 Å². The third-order valence-corrected chi connectivity index (χ3v) is 6.19. The Labute approximate surface area is 179 Å². The minimum atomic E-state index is -0.730. The summed E-state index contributed by atoms with van der Waals surface area (Å²) < 4.78 is 7.77. The Morgan fingerprint density at radius 1 is 1.03 bits per heavy atom. The van der Waals surface area contributed by atoms with E-state index in [1.54, 1.807) is 15.9 Å². The number of anilines is 1. The molecule has 2 aromatic carbocycles. The lowest BCUT2D eigenvalue weighted by Gasteiger charge is -2.38. The molecule has 1 aromatic heterocycles. The number of hydrogen-bond donors (Lipinski definition) is 1. The fourth-order valence-corrected chi connectivity index (χ4v) is 4.65. The van der Waals surface area contributed by atoms with E-state index in [9.17, 15) is 14.4 Å². The molecule has 8 nitrogen and oxygen atoms in total. The SMILES string of the molecule is CC(=O)N1C[C@@H](C(=O)N2CCC(n3c(=O)[nH]c4ccccc43)CC2)Oc2ccccc21. The van der Waals surface area contributed by atoms with E-state index >= 15 is 0 Å². The average Bonchev–Trinajstić information content (AvgIpc) is 3.13. The summed E-state index contributed by atoms with van der Waals surface area (Å²) in [6, 6.07) is 15.0. The smallest absolute Gasteiger partial charge is 0.326 e. The monoisotopic (exact) mass is 420 g/mol. The number of likely N-dealkylation sites (tertiary alicyclic amines) is 1. The van der Waals surface area contributed by atoms with E-state index in [2.05, 4.69) is 4.98 Å². The molecule has 1 atom stereocenters. The molecule has 0 saturated carbocycles. The highest BCUT2D eigenvalue weighted by Gasteiger charge is 2.36. The van der Waals surface area contributed by atoms with Gasteiger partial charge >= 0.3 is 5.69 Å². The number of imidazole rings is 1. The molecule has 160 valence electrons. The van der Waals surface area contributed by atoms with Crippen LogP contribution >= 0.6 is 0 Å². The molecule has 1 fully saturated rings. The topological polar surface area (TPSA) is 87.6 Å². The lowest BCUT2D eigenvalue weighted by Crippen LogP contribution is -2.53. The van der Waals surface area contributed by atoms with Crippen molar-refractivity contribution < 1.29 is 14.3 Å². The zero-order valence-electron chi connectivity index (χ0n) is 17.3. The lowest BCUT2D eigenvalue weighted by atomic mass is 10.0. The van der Waals surface area contributed by atoms with E-state index in [-0.39, 0.29) is 30.1 Å². The number of benzene rings is 2. The van der Waals surface area contributed by atoms with Crippen LogP contribution in [0.15, 0.2) is 53.3 Å². The van der Waals surface area contributed by atoms with Crippen molar-refractivity contribution in [1.82, 2.24) is 14.5 Å². The van der Waals surface area contributed by atoms with Gasteiger partial charge in [0.25, 0.3) is 5.91 Å². The molecule has 5 rings (SSSR count). The number of para-hydroxylation sites is 4. The summed E-state index contributed by atoms with van der Waals surface area (Å²) in [5, 5.41) is 0. The second-order valence-electron chi connectivity index (χ2n) is 8.08. The second kappa shape index (κ2) is 7.61. The van der Waals surface area contributed by atoms with Crippen LogP contribution in [0.3, 0.4) is 0 Å². The molecule has 2 amide bonds. The molecule has 1 saturated heterocycles. The second-order valence-corrected chi connectivity index (χ2v) is 8.08. The van der Waals surface area contributed by atoms with Crippen LogP contribution in [0, 0.1) is 0 Å². The molecule has 3 heterocycles. The lowest BCUT2D eigenvalue weighted by molar-refractivity contribution is -0.140. The number of carbonyl (C=O) groups is 2. The van der Waals surface area contributed by atoms with Crippen molar-refractivity contribution >= 4 is 28.5 Å². The highest BCUT2D eigenvalue weighted by molar-refractivity contribution is 5.95. The molecule has 0 bridgehead atoms. The Kier molecular flexibility index (Phi) is 4.77. The number of piperidine rings is 1. The third-order valence-electron chi connectivity index (χ3n) is 6.19. The summed E-state index contributed by atoms with van der Waals surface area (Å²) in [5.41, 5.74) is 2.29. The van der Waals surface area contributed by atoms with Gasteiger partial charge in [0.15, 0.2) is 6.10 Å². The van der Waals surface area contributed by atoms with Crippen molar-refractivity contribution in [2.45, 2.75) is 31.9 Å². The normalized spacial score (nSPS) is 19.2. The highest BCUT2D eigenvalue weighted by Crippen LogP contribution is 2.34. The largest absolute Gasteiger partial charge is 0.476 e. The number of aromatic nitrogens is 2. The van der Waals surface area contributed by atoms with Crippen LogP contribution in [0.2, 0.25) is 0 Å². The number of fused-ring (bicyclic) bond motifs is 2. The molecule has 1 N–H and O–H groups in total. The first-order valence-electron chi connectivity index (χ1n) is 10.5. The first-order valence-corrected chi connectivity index (χ1v) is 10.5. The van der Waals surface area contributed by atoms with Gasteiger partial charge in [-0.1, -0.05) is 24.3 Å². The van der Waals surface area contributed by atoms with Gasteiger partial charge in [0, 0.05) is 26.1 Å². The predicted octanol–water partition coefficient (Wildman–Crippen LogP) is 2.31. The van der Waals surface area contributed by atoms with E-state index in [4.69, 9.17) is 4.74 Å². The van der Waals surface area contributed by atoms with Gasteiger partial charge in [-0.15, -0.1) is 0 Å². The summed E-state index contributed by atoms with van der Waals surface area (Å²) in [5.74, 6) is 0.305.